The zero-order valence-corrected chi connectivity index (χ0v) is 8.34. The number of nitro benzene ring substituents is 1. The van der Waals surface area contributed by atoms with E-state index in [-0.39, 0.29) is 11.6 Å². The highest BCUT2D eigenvalue weighted by Gasteiger charge is 2.10. The van der Waals surface area contributed by atoms with E-state index in [0.717, 1.165) is 5.56 Å². The molecule has 4 heteroatoms. The molecule has 0 atom stereocenters. The first-order valence-corrected chi connectivity index (χ1v) is 4.48. The van der Waals surface area contributed by atoms with Crippen molar-refractivity contribution in [2.45, 2.75) is 6.92 Å². The summed E-state index contributed by atoms with van der Waals surface area (Å²) in [6.45, 7) is 1.86. The van der Waals surface area contributed by atoms with Crippen molar-refractivity contribution in [1.29, 1.82) is 0 Å². The van der Waals surface area contributed by atoms with Crippen molar-refractivity contribution >= 4 is 17.3 Å². The maximum Gasteiger partial charge on any atom is 0.284 e. The van der Waals surface area contributed by atoms with Crippen LogP contribution in [0.15, 0.2) is 18.2 Å². The Labute approximate surface area is 86.8 Å². The third-order valence-electron chi connectivity index (χ3n) is 1.64. The molecule has 0 aromatic heterocycles. The molecule has 0 aliphatic carbocycles. The lowest BCUT2D eigenvalue weighted by Crippen LogP contribution is -1.92. The summed E-state index contributed by atoms with van der Waals surface area (Å²) < 4.78 is 0. The van der Waals surface area contributed by atoms with Crippen molar-refractivity contribution in [2.75, 3.05) is 5.88 Å². The highest BCUT2D eigenvalue weighted by molar-refractivity contribution is 6.19. The van der Waals surface area contributed by atoms with Gasteiger partial charge in [0.1, 0.15) is 5.56 Å². The van der Waals surface area contributed by atoms with Gasteiger partial charge in [-0.3, -0.25) is 10.1 Å². The second-order valence-electron chi connectivity index (χ2n) is 2.71. The van der Waals surface area contributed by atoms with Gasteiger partial charge in [0.15, 0.2) is 0 Å². The van der Waals surface area contributed by atoms with Gasteiger partial charge in [-0.2, -0.15) is 0 Å². The van der Waals surface area contributed by atoms with Crippen molar-refractivity contribution in [1.82, 2.24) is 0 Å². The Morgan fingerprint density at radius 2 is 2.29 bits per heavy atom. The second-order valence-corrected chi connectivity index (χ2v) is 2.98. The average molecular weight is 210 g/mol. The van der Waals surface area contributed by atoms with Gasteiger partial charge in [0.25, 0.3) is 5.69 Å². The average Bonchev–Trinajstić information content (AvgIpc) is 2.14. The molecular formula is C10H8ClNO2. The van der Waals surface area contributed by atoms with E-state index in [2.05, 4.69) is 11.8 Å². The fourth-order valence-electron chi connectivity index (χ4n) is 1.04. The molecule has 3 nitrogen and oxygen atoms in total. The van der Waals surface area contributed by atoms with Gasteiger partial charge in [-0.05, 0) is 18.6 Å². The lowest BCUT2D eigenvalue weighted by Gasteiger charge is -1.96. The van der Waals surface area contributed by atoms with Gasteiger partial charge in [0, 0.05) is 6.07 Å². The molecule has 1 aromatic carbocycles. The van der Waals surface area contributed by atoms with E-state index in [0.29, 0.717) is 5.56 Å². The molecule has 0 saturated heterocycles. The summed E-state index contributed by atoms with van der Waals surface area (Å²) in [4.78, 5) is 10.2. The van der Waals surface area contributed by atoms with E-state index in [4.69, 9.17) is 11.6 Å². The fraction of sp³-hybridized carbons (Fsp3) is 0.200. The quantitative estimate of drug-likeness (QED) is 0.309. The lowest BCUT2D eigenvalue weighted by atomic mass is 10.1. The zero-order chi connectivity index (χ0) is 10.6. The Kier molecular flexibility index (Phi) is 3.49. The molecule has 0 spiro atoms. The Morgan fingerprint density at radius 3 is 2.86 bits per heavy atom. The Balaban J connectivity index is 3.22. The zero-order valence-electron chi connectivity index (χ0n) is 7.58. The van der Waals surface area contributed by atoms with Crippen LogP contribution in [0.2, 0.25) is 0 Å². The standard InChI is InChI=1S/C10H8ClNO2/c1-8-4-5-10(12(13)14)9(7-8)3-2-6-11/h4-5,7H,6H2,1H3. The summed E-state index contributed by atoms with van der Waals surface area (Å²) in [6, 6.07) is 4.81. The Hall–Kier alpha value is -1.53. The van der Waals surface area contributed by atoms with Gasteiger partial charge in [-0.25, -0.2) is 0 Å². The molecule has 1 rings (SSSR count). The molecule has 1 aromatic rings. The maximum atomic E-state index is 10.6. The first kappa shape index (κ1) is 10.6. The molecule has 72 valence electrons. The van der Waals surface area contributed by atoms with E-state index < -0.39 is 4.92 Å². The van der Waals surface area contributed by atoms with Gasteiger partial charge in [0.2, 0.25) is 0 Å². The highest BCUT2D eigenvalue weighted by atomic mass is 35.5. The summed E-state index contributed by atoms with van der Waals surface area (Å²) in [6.07, 6.45) is 0. The molecule has 0 bridgehead atoms. The number of benzene rings is 1. The lowest BCUT2D eigenvalue weighted by molar-refractivity contribution is -0.385. The molecule has 0 aliphatic rings. The van der Waals surface area contributed by atoms with E-state index in [1.54, 1.807) is 12.1 Å². The van der Waals surface area contributed by atoms with E-state index in [1.807, 2.05) is 6.92 Å². The highest BCUT2D eigenvalue weighted by Crippen LogP contribution is 2.18. The molecule has 0 heterocycles. The molecule has 0 amide bonds. The number of nitro groups is 1. The number of aryl methyl sites for hydroxylation is 1. The summed E-state index contributed by atoms with van der Waals surface area (Å²) in [5.74, 6) is 5.43. The summed E-state index contributed by atoms with van der Waals surface area (Å²) in [5, 5.41) is 10.6. The van der Waals surface area contributed by atoms with Crippen LogP contribution in [0.25, 0.3) is 0 Å². The Morgan fingerprint density at radius 1 is 1.57 bits per heavy atom. The SMILES string of the molecule is Cc1ccc([N+](=O)[O-])c(C#CCCl)c1. The third-order valence-corrected chi connectivity index (χ3v) is 1.77. The first-order chi connectivity index (χ1) is 6.65. The molecule has 14 heavy (non-hydrogen) atoms. The minimum atomic E-state index is -0.447. The van der Waals surface area contributed by atoms with Gasteiger partial charge >= 0.3 is 0 Å². The Bertz CT molecular complexity index is 418. The molecule has 0 fully saturated rings. The molecule has 0 saturated carbocycles. The van der Waals surface area contributed by atoms with Gasteiger partial charge in [0.05, 0.1) is 10.8 Å². The molecule has 0 N–H and O–H groups in total. The minimum absolute atomic E-state index is 0.0215. The van der Waals surface area contributed by atoms with Crippen molar-refractivity contribution in [3.8, 4) is 11.8 Å². The van der Waals surface area contributed by atoms with Crippen LogP contribution in [0.1, 0.15) is 11.1 Å². The molecule has 0 aliphatic heterocycles. The summed E-state index contributed by atoms with van der Waals surface area (Å²) >= 11 is 5.38. The van der Waals surface area contributed by atoms with Crippen LogP contribution in [0.4, 0.5) is 5.69 Å². The fourth-order valence-corrected chi connectivity index (χ4v) is 1.10. The molecule has 0 radical (unpaired) electrons. The number of nitrogens with zero attached hydrogens (tertiary/aromatic N) is 1. The van der Waals surface area contributed by atoms with Crippen LogP contribution in [0.5, 0.6) is 0 Å². The van der Waals surface area contributed by atoms with Crippen LogP contribution in [-0.2, 0) is 0 Å². The van der Waals surface area contributed by atoms with Gasteiger partial charge in [-0.1, -0.05) is 17.9 Å². The van der Waals surface area contributed by atoms with Gasteiger partial charge in [-0.15, -0.1) is 11.6 Å². The normalized spacial score (nSPS) is 9.00. The number of rotatable bonds is 1. The van der Waals surface area contributed by atoms with Crippen molar-refractivity contribution in [3.63, 3.8) is 0 Å². The van der Waals surface area contributed by atoms with E-state index in [1.165, 1.54) is 6.07 Å². The first-order valence-electron chi connectivity index (χ1n) is 3.95. The number of alkyl halides is 1. The van der Waals surface area contributed by atoms with Crippen molar-refractivity contribution < 1.29 is 4.92 Å². The van der Waals surface area contributed by atoms with E-state index in [9.17, 15) is 10.1 Å². The van der Waals surface area contributed by atoms with Crippen molar-refractivity contribution in [3.05, 3.63) is 39.4 Å². The predicted molar refractivity (Wildman–Crippen MR) is 55.4 cm³/mol. The molecular weight excluding hydrogens is 202 g/mol. The van der Waals surface area contributed by atoms with Crippen molar-refractivity contribution in [2.24, 2.45) is 0 Å². The topological polar surface area (TPSA) is 43.1 Å². The third kappa shape index (κ3) is 2.48. The monoisotopic (exact) mass is 209 g/mol. The second kappa shape index (κ2) is 4.64. The largest absolute Gasteiger partial charge is 0.284 e. The predicted octanol–water partition coefficient (Wildman–Crippen LogP) is 2.49. The minimum Gasteiger partial charge on any atom is -0.258 e. The number of hydrogen-bond donors (Lipinski definition) is 0. The van der Waals surface area contributed by atoms with Crippen LogP contribution in [-0.4, -0.2) is 10.8 Å². The van der Waals surface area contributed by atoms with Gasteiger partial charge < -0.3 is 0 Å². The maximum absolute atomic E-state index is 10.6. The number of hydrogen-bond acceptors (Lipinski definition) is 2. The summed E-state index contributed by atoms with van der Waals surface area (Å²) in [7, 11) is 0. The van der Waals surface area contributed by atoms with E-state index >= 15 is 0 Å². The van der Waals surface area contributed by atoms with Crippen LogP contribution in [0, 0.1) is 28.9 Å². The van der Waals surface area contributed by atoms with Crippen LogP contribution in [0.3, 0.4) is 0 Å². The summed E-state index contributed by atoms with van der Waals surface area (Å²) in [5.41, 5.74) is 1.37. The molecule has 0 unspecified atom stereocenters. The van der Waals surface area contributed by atoms with Crippen LogP contribution >= 0.6 is 11.6 Å². The smallest absolute Gasteiger partial charge is 0.258 e. The number of halogens is 1. The van der Waals surface area contributed by atoms with Crippen LogP contribution < -0.4 is 0 Å².